The van der Waals surface area contributed by atoms with Crippen molar-refractivity contribution >= 4 is 17.5 Å². The molecule has 0 aliphatic carbocycles. The van der Waals surface area contributed by atoms with E-state index < -0.39 is 0 Å². The third-order valence-corrected chi connectivity index (χ3v) is 4.15. The number of hydrogen-bond donors (Lipinski definition) is 1. The van der Waals surface area contributed by atoms with Crippen LogP contribution in [0.25, 0.3) is 0 Å². The van der Waals surface area contributed by atoms with Crippen LogP contribution in [0.5, 0.6) is 0 Å². The SMILES string of the molecule is C=CCNC(=O)C1CC(=O)N(c2c(CC)cccc2CC)C1. The standard InChI is InChI=1S/C18H24N2O2/c1-4-10-19-18(22)15-11-16(21)20(12-15)17-13(5-2)8-7-9-14(17)6-3/h4,7-9,15H,1,5-6,10-12H2,2-3H3,(H,19,22). The summed E-state index contributed by atoms with van der Waals surface area (Å²) in [6, 6.07) is 6.16. The van der Waals surface area contributed by atoms with Crippen molar-refractivity contribution in [1.29, 1.82) is 0 Å². The van der Waals surface area contributed by atoms with E-state index in [1.165, 1.54) is 11.1 Å². The molecule has 1 saturated heterocycles. The fourth-order valence-electron chi connectivity index (χ4n) is 2.98. The number of carbonyl (C=O) groups is 2. The van der Waals surface area contributed by atoms with Crippen molar-refractivity contribution in [2.75, 3.05) is 18.0 Å². The Balaban J connectivity index is 2.25. The van der Waals surface area contributed by atoms with Gasteiger partial charge in [-0.25, -0.2) is 0 Å². The highest BCUT2D eigenvalue weighted by atomic mass is 16.2. The average molecular weight is 300 g/mol. The highest BCUT2D eigenvalue weighted by Crippen LogP contribution is 2.32. The molecule has 2 amide bonds. The van der Waals surface area contributed by atoms with Crippen LogP contribution in [-0.2, 0) is 22.4 Å². The lowest BCUT2D eigenvalue weighted by molar-refractivity contribution is -0.126. The van der Waals surface area contributed by atoms with Crippen molar-refractivity contribution in [1.82, 2.24) is 5.32 Å². The number of benzene rings is 1. The Labute approximate surface area is 132 Å². The second-order valence-electron chi connectivity index (χ2n) is 5.57. The van der Waals surface area contributed by atoms with Crippen LogP contribution < -0.4 is 10.2 Å². The zero-order chi connectivity index (χ0) is 16.1. The molecule has 1 N–H and O–H groups in total. The van der Waals surface area contributed by atoms with Crippen molar-refractivity contribution in [2.45, 2.75) is 33.1 Å². The number of para-hydroxylation sites is 1. The zero-order valence-corrected chi connectivity index (χ0v) is 13.4. The number of aryl methyl sites for hydroxylation is 2. The van der Waals surface area contributed by atoms with E-state index in [2.05, 4.69) is 37.9 Å². The van der Waals surface area contributed by atoms with Gasteiger partial charge in [-0.2, -0.15) is 0 Å². The number of anilines is 1. The molecule has 2 rings (SSSR count). The minimum absolute atomic E-state index is 0.0364. The first-order valence-corrected chi connectivity index (χ1v) is 7.92. The molecule has 1 aliphatic heterocycles. The van der Waals surface area contributed by atoms with Gasteiger partial charge in [0.25, 0.3) is 0 Å². The van der Waals surface area contributed by atoms with Crippen LogP contribution in [0.2, 0.25) is 0 Å². The van der Waals surface area contributed by atoms with E-state index in [1.807, 2.05) is 6.07 Å². The van der Waals surface area contributed by atoms with Gasteiger partial charge < -0.3 is 10.2 Å². The summed E-state index contributed by atoms with van der Waals surface area (Å²) in [5.74, 6) is -0.306. The van der Waals surface area contributed by atoms with Crippen molar-refractivity contribution < 1.29 is 9.59 Å². The number of hydrogen-bond acceptors (Lipinski definition) is 2. The molecule has 1 unspecified atom stereocenters. The Kier molecular flexibility index (Phi) is 5.36. The summed E-state index contributed by atoms with van der Waals surface area (Å²) >= 11 is 0. The molecule has 1 aromatic carbocycles. The molecule has 0 saturated carbocycles. The Bertz CT molecular complexity index is 558. The second-order valence-corrected chi connectivity index (χ2v) is 5.57. The fraction of sp³-hybridized carbons (Fsp3) is 0.444. The largest absolute Gasteiger partial charge is 0.352 e. The van der Waals surface area contributed by atoms with Gasteiger partial charge in [0.1, 0.15) is 0 Å². The smallest absolute Gasteiger partial charge is 0.227 e. The Morgan fingerprint density at radius 2 is 2.00 bits per heavy atom. The average Bonchev–Trinajstić information content (AvgIpc) is 2.93. The molecule has 1 aliphatic rings. The fourth-order valence-corrected chi connectivity index (χ4v) is 2.98. The summed E-state index contributed by atoms with van der Waals surface area (Å²) in [5, 5.41) is 2.79. The maximum atomic E-state index is 12.4. The molecular weight excluding hydrogens is 276 g/mol. The van der Waals surface area contributed by atoms with E-state index in [0.717, 1.165) is 18.5 Å². The first-order valence-electron chi connectivity index (χ1n) is 7.92. The number of nitrogens with zero attached hydrogens (tertiary/aromatic N) is 1. The van der Waals surface area contributed by atoms with Crippen LogP contribution in [0.3, 0.4) is 0 Å². The predicted molar refractivity (Wildman–Crippen MR) is 88.9 cm³/mol. The van der Waals surface area contributed by atoms with Crippen LogP contribution >= 0.6 is 0 Å². The lowest BCUT2D eigenvalue weighted by Crippen LogP contribution is -2.33. The van der Waals surface area contributed by atoms with Gasteiger partial charge in [-0.3, -0.25) is 9.59 Å². The third kappa shape index (κ3) is 3.21. The van der Waals surface area contributed by atoms with Crippen molar-refractivity contribution in [3.8, 4) is 0 Å². The highest BCUT2D eigenvalue weighted by molar-refractivity contribution is 6.01. The van der Waals surface area contributed by atoms with Gasteiger partial charge in [-0.05, 0) is 24.0 Å². The normalized spacial score (nSPS) is 17.6. The summed E-state index contributed by atoms with van der Waals surface area (Å²) in [4.78, 5) is 26.3. The van der Waals surface area contributed by atoms with E-state index in [9.17, 15) is 9.59 Å². The van der Waals surface area contributed by atoms with E-state index in [-0.39, 0.29) is 24.2 Å². The van der Waals surface area contributed by atoms with Crippen LogP contribution in [0.15, 0.2) is 30.9 Å². The number of amides is 2. The molecule has 4 heteroatoms. The Morgan fingerprint density at radius 3 is 2.55 bits per heavy atom. The molecule has 0 radical (unpaired) electrons. The molecule has 1 aromatic rings. The minimum Gasteiger partial charge on any atom is -0.352 e. The summed E-state index contributed by atoms with van der Waals surface area (Å²) in [7, 11) is 0. The monoisotopic (exact) mass is 300 g/mol. The van der Waals surface area contributed by atoms with Gasteiger partial charge in [-0.1, -0.05) is 38.1 Å². The van der Waals surface area contributed by atoms with Crippen molar-refractivity contribution in [3.05, 3.63) is 42.0 Å². The first kappa shape index (κ1) is 16.3. The van der Waals surface area contributed by atoms with Crippen molar-refractivity contribution in [2.24, 2.45) is 5.92 Å². The van der Waals surface area contributed by atoms with E-state index in [1.54, 1.807) is 11.0 Å². The molecule has 0 aromatic heterocycles. The van der Waals surface area contributed by atoms with Crippen molar-refractivity contribution in [3.63, 3.8) is 0 Å². The van der Waals surface area contributed by atoms with Crippen LogP contribution in [0, 0.1) is 5.92 Å². The van der Waals surface area contributed by atoms with Crippen LogP contribution in [0.4, 0.5) is 5.69 Å². The van der Waals surface area contributed by atoms with Crippen LogP contribution in [-0.4, -0.2) is 24.9 Å². The number of rotatable bonds is 6. The summed E-state index contributed by atoms with van der Waals surface area (Å²) in [6.45, 7) is 8.67. The van der Waals surface area contributed by atoms with E-state index >= 15 is 0 Å². The maximum absolute atomic E-state index is 12.4. The molecular formula is C18H24N2O2. The molecule has 0 bridgehead atoms. The van der Waals surface area contributed by atoms with Gasteiger partial charge in [-0.15, -0.1) is 6.58 Å². The topological polar surface area (TPSA) is 49.4 Å². The lowest BCUT2D eigenvalue weighted by atomic mass is 10.0. The Morgan fingerprint density at radius 1 is 1.36 bits per heavy atom. The molecule has 22 heavy (non-hydrogen) atoms. The molecule has 4 nitrogen and oxygen atoms in total. The zero-order valence-electron chi connectivity index (χ0n) is 13.4. The molecule has 118 valence electrons. The number of carbonyl (C=O) groups excluding carboxylic acids is 2. The molecule has 1 fully saturated rings. The third-order valence-electron chi connectivity index (χ3n) is 4.15. The summed E-state index contributed by atoms with van der Waals surface area (Å²) < 4.78 is 0. The van der Waals surface area contributed by atoms with E-state index in [4.69, 9.17) is 0 Å². The first-order chi connectivity index (χ1) is 10.6. The molecule has 1 heterocycles. The highest BCUT2D eigenvalue weighted by Gasteiger charge is 2.36. The molecule has 1 atom stereocenters. The lowest BCUT2D eigenvalue weighted by Gasteiger charge is -2.23. The predicted octanol–water partition coefficient (Wildman–Crippen LogP) is 2.47. The minimum atomic E-state index is -0.276. The van der Waals surface area contributed by atoms with Gasteiger partial charge in [0.15, 0.2) is 0 Å². The quantitative estimate of drug-likeness (QED) is 0.821. The molecule has 0 spiro atoms. The van der Waals surface area contributed by atoms with E-state index in [0.29, 0.717) is 13.1 Å². The number of nitrogens with one attached hydrogen (secondary N) is 1. The second kappa shape index (κ2) is 7.25. The maximum Gasteiger partial charge on any atom is 0.227 e. The van der Waals surface area contributed by atoms with Crippen LogP contribution in [0.1, 0.15) is 31.4 Å². The van der Waals surface area contributed by atoms with Gasteiger partial charge in [0.2, 0.25) is 11.8 Å². The van der Waals surface area contributed by atoms with Gasteiger partial charge >= 0.3 is 0 Å². The van der Waals surface area contributed by atoms with Gasteiger partial charge in [0.05, 0.1) is 5.92 Å². The Hall–Kier alpha value is -2.10. The summed E-state index contributed by atoms with van der Waals surface area (Å²) in [5.41, 5.74) is 3.34. The summed E-state index contributed by atoms with van der Waals surface area (Å²) in [6.07, 6.45) is 3.68. The van der Waals surface area contributed by atoms with Gasteiger partial charge in [0, 0.05) is 25.2 Å².